The largest absolute Gasteiger partial charge is 0.309 e. The van der Waals surface area contributed by atoms with Crippen molar-refractivity contribution in [3.63, 3.8) is 0 Å². The molecule has 1 atom stereocenters. The molecule has 0 bridgehead atoms. The number of rotatable bonds is 3. The first-order valence-corrected chi connectivity index (χ1v) is 6.03. The van der Waals surface area contributed by atoms with E-state index in [9.17, 15) is 9.18 Å². The molecule has 0 aliphatic carbocycles. The molecule has 2 heterocycles. The van der Waals surface area contributed by atoms with Gasteiger partial charge in [0, 0.05) is 30.5 Å². The predicted molar refractivity (Wildman–Crippen MR) is 66.4 cm³/mol. The van der Waals surface area contributed by atoms with Crippen LogP contribution < -0.4 is 4.90 Å². The van der Waals surface area contributed by atoms with E-state index in [2.05, 4.69) is 30.9 Å². The van der Waals surface area contributed by atoms with Crippen LogP contribution in [0, 0.1) is 11.7 Å². The molecule has 18 heavy (non-hydrogen) atoms. The maximum atomic E-state index is 13.1. The molecular weight excluding hydrogens is 305 g/mol. The average molecular weight is 314 g/mol. The summed E-state index contributed by atoms with van der Waals surface area (Å²) < 4.78 is 13.6. The van der Waals surface area contributed by atoms with E-state index in [1.807, 2.05) is 0 Å². The first-order valence-electron chi connectivity index (χ1n) is 5.24. The van der Waals surface area contributed by atoms with Gasteiger partial charge in [0.25, 0.3) is 0 Å². The highest BCUT2D eigenvalue weighted by Crippen LogP contribution is 2.30. The molecule has 0 saturated carbocycles. The highest BCUT2D eigenvalue weighted by Gasteiger charge is 2.31. The summed E-state index contributed by atoms with van der Waals surface area (Å²) >= 11 is 3.19. The zero-order chi connectivity index (χ0) is 13.1. The highest BCUT2D eigenvalue weighted by atomic mass is 79.9. The van der Waals surface area contributed by atoms with Crippen LogP contribution in [0.5, 0.6) is 0 Å². The summed E-state index contributed by atoms with van der Waals surface area (Å²) in [6.07, 6.45) is 1.37. The Balaban J connectivity index is 2.21. The van der Waals surface area contributed by atoms with E-state index in [1.165, 1.54) is 11.0 Å². The van der Waals surface area contributed by atoms with Gasteiger partial charge in [-0.05, 0) is 27.4 Å². The fourth-order valence-corrected chi connectivity index (χ4v) is 2.32. The van der Waals surface area contributed by atoms with E-state index in [-0.39, 0.29) is 18.4 Å². The molecule has 8 heteroatoms. The second-order valence-electron chi connectivity index (χ2n) is 3.95. The number of nitrogens with zero attached hydrogens (tertiary/aromatic N) is 5. The number of hydrogen-bond acceptors (Lipinski definition) is 3. The van der Waals surface area contributed by atoms with Crippen molar-refractivity contribution in [3.05, 3.63) is 33.1 Å². The van der Waals surface area contributed by atoms with E-state index in [4.69, 9.17) is 5.53 Å². The average Bonchev–Trinajstić information content (AvgIpc) is 2.71. The summed E-state index contributed by atoms with van der Waals surface area (Å²) in [5, 5.41) is 3.46. The van der Waals surface area contributed by atoms with Crippen LogP contribution in [0.15, 0.2) is 22.0 Å². The van der Waals surface area contributed by atoms with Crippen molar-refractivity contribution >= 4 is 27.5 Å². The van der Waals surface area contributed by atoms with Crippen molar-refractivity contribution in [1.29, 1.82) is 0 Å². The molecule has 6 nitrogen and oxygen atoms in total. The summed E-state index contributed by atoms with van der Waals surface area (Å²) in [7, 11) is 0. The molecule has 1 aromatic rings. The van der Waals surface area contributed by atoms with E-state index in [1.54, 1.807) is 0 Å². The molecule has 1 aliphatic rings. The molecule has 0 spiro atoms. The lowest BCUT2D eigenvalue weighted by molar-refractivity contribution is -0.117. The SMILES string of the molecule is [N-]=[N+]=NCC1CC(=O)N(c2cc(F)cnc2Br)C1. The van der Waals surface area contributed by atoms with Gasteiger partial charge in [0.1, 0.15) is 10.4 Å². The van der Waals surface area contributed by atoms with Crippen LogP contribution in [0.2, 0.25) is 0 Å². The van der Waals surface area contributed by atoms with Crippen molar-refractivity contribution in [2.75, 3.05) is 18.0 Å². The Bertz CT molecular complexity index is 531. The van der Waals surface area contributed by atoms with Crippen molar-refractivity contribution in [2.45, 2.75) is 6.42 Å². The van der Waals surface area contributed by atoms with Gasteiger partial charge in [-0.3, -0.25) is 4.79 Å². The van der Waals surface area contributed by atoms with Crippen molar-refractivity contribution in [3.8, 4) is 0 Å². The minimum absolute atomic E-state index is 0.0384. The third-order valence-corrected chi connectivity index (χ3v) is 3.30. The van der Waals surface area contributed by atoms with Gasteiger partial charge in [-0.25, -0.2) is 9.37 Å². The fraction of sp³-hybridized carbons (Fsp3) is 0.400. The zero-order valence-electron chi connectivity index (χ0n) is 9.25. The first kappa shape index (κ1) is 12.8. The molecule has 1 fully saturated rings. The molecule has 94 valence electrons. The van der Waals surface area contributed by atoms with Gasteiger partial charge in [-0.1, -0.05) is 5.11 Å². The molecule has 1 amide bonds. The lowest BCUT2D eigenvalue weighted by Crippen LogP contribution is -2.25. The summed E-state index contributed by atoms with van der Waals surface area (Å²) in [5.41, 5.74) is 8.65. The fourth-order valence-electron chi connectivity index (χ4n) is 1.89. The van der Waals surface area contributed by atoms with Gasteiger partial charge in [-0.15, -0.1) is 0 Å². The number of carbonyl (C=O) groups is 1. The molecule has 1 unspecified atom stereocenters. The Morgan fingerprint density at radius 2 is 2.50 bits per heavy atom. The van der Waals surface area contributed by atoms with Crippen molar-refractivity contribution in [2.24, 2.45) is 11.0 Å². The van der Waals surface area contributed by atoms with Gasteiger partial charge >= 0.3 is 0 Å². The van der Waals surface area contributed by atoms with Gasteiger partial charge in [0.2, 0.25) is 5.91 Å². The number of pyridine rings is 1. The van der Waals surface area contributed by atoms with Crippen LogP contribution in [-0.4, -0.2) is 24.0 Å². The summed E-state index contributed by atoms with van der Waals surface area (Å²) in [6, 6.07) is 1.25. The number of halogens is 2. The minimum Gasteiger partial charge on any atom is -0.309 e. The van der Waals surface area contributed by atoms with Crippen molar-refractivity contribution < 1.29 is 9.18 Å². The summed E-state index contributed by atoms with van der Waals surface area (Å²) in [4.78, 5) is 19.8. The second kappa shape index (κ2) is 5.32. The standard InChI is InChI=1S/C10H9BrFN5O/c11-10-8(2-7(12)4-14-10)17-5-6(1-9(17)18)3-15-16-13/h2,4,6H,1,3,5H2. The second-order valence-corrected chi connectivity index (χ2v) is 4.70. The molecule has 0 aromatic carbocycles. The lowest BCUT2D eigenvalue weighted by Gasteiger charge is -2.17. The van der Waals surface area contributed by atoms with E-state index in [0.29, 0.717) is 23.3 Å². The first-order chi connectivity index (χ1) is 8.61. The Morgan fingerprint density at radius 1 is 1.72 bits per heavy atom. The highest BCUT2D eigenvalue weighted by molar-refractivity contribution is 9.10. The van der Waals surface area contributed by atoms with Crippen LogP contribution >= 0.6 is 15.9 Å². The maximum absolute atomic E-state index is 13.1. The van der Waals surface area contributed by atoms with Crippen LogP contribution in [0.4, 0.5) is 10.1 Å². The monoisotopic (exact) mass is 313 g/mol. The molecule has 0 N–H and O–H groups in total. The molecular formula is C10H9BrFN5O. The summed E-state index contributed by atoms with van der Waals surface area (Å²) in [5.74, 6) is -0.663. The summed E-state index contributed by atoms with van der Waals surface area (Å²) in [6.45, 7) is 0.667. The number of hydrogen-bond donors (Lipinski definition) is 0. The van der Waals surface area contributed by atoms with E-state index in [0.717, 1.165) is 6.20 Å². The smallest absolute Gasteiger partial charge is 0.227 e. The van der Waals surface area contributed by atoms with E-state index >= 15 is 0 Å². The lowest BCUT2D eigenvalue weighted by atomic mass is 10.1. The third kappa shape index (κ3) is 2.60. The number of aromatic nitrogens is 1. The van der Waals surface area contributed by atoms with Crippen LogP contribution in [0.3, 0.4) is 0 Å². The maximum Gasteiger partial charge on any atom is 0.227 e. The van der Waals surface area contributed by atoms with Crippen LogP contribution in [0.1, 0.15) is 6.42 Å². The molecule has 1 aliphatic heterocycles. The Labute approximate surface area is 111 Å². The number of amides is 1. The molecule has 1 aromatic heterocycles. The topological polar surface area (TPSA) is 82.0 Å². The molecule has 2 rings (SSSR count). The van der Waals surface area contributed by atoms with Crippen LogP contribution in [0.25, 0.3) is 10.4 Å². The number of carbonyl (C=O) groups excluding carboxylic acids is 1. The number of azide groups is 1. The predicted octanol–water partition coefficient (Wildman–Crippen LogP) is 2.65. The Kier molecular flexibility index (Phi) is 3.78. The van der Waals surface area contributed by atoms with E-state index < -0.39 is 5.82 Å². The zero-order valence-corrected chi connectivity index (χ0v) is 10.8. The van der Waals surface area contributed by atoms with Crippen LogP contribution in [-0.2, 0) is 4.79 Å². The third-order valence-electron chi connectivity index (χ3n) is 2.69. The van der Waals surface area contributed by atoms with Gasteiger partial charge in [0.15, 0.2) is 0 Å². The normalized spacial score (nSPS) is 18.9. The van der Waals surface area contributed by atoms with Gasteiger partial charge < -0.3 is 4.90 Å². The van der Waals surface area contributed by atoms with Crippen molar-refractivity contribution in [1.82, 2.24) is 4.98 Å². The number of anilines is 1. The quantitative estimate of drug-likeness (QED) is 0.372. The molecule has 1 saturated heterocycles. The van der Waals surface area contributed by atoms with Gasteiger partial charge in [0.05, 0.1) is 11.9 Å². The Hall–Kier alpha value is -1.66. The molecule has 0 radical (unpaired) electrons. The Morgan fingerprint density at radius 3 is 3.22 bits per heavy atom. The van der Waals surface area contributed by atoms with Gasteiger partial charge in [-0.2, -0.15) is 0 Å². The minimum atomic E-state index is -0.500.